The van der Waals surface area contributed by atoms with Crippen molar-refractivity contribution in [2.45, 2.75) is 51.7 Å². The standard InChI is InChI=1S/C27H35N3O3/c1-27(2,3)33-26(32)28-23(16-15-20-11-7-6-8-12-20)25(31)30-19-21(17-18-29(4)5)22-13-9-10-14-24(22)30/h6-14,19,23H,15-18H2,1-5H3,(H,28,32)/t23-/m0/s1. The van der Waals surface area contributed by atoms with E-state index >= 15 is 0 Å². The monoisotopic (exact) mass is 449 g/mol. The molecule has 33 heavy (non-hydrogen) atoms. The van der Waals surface area contributed by atoms with Crippen LogP contribution in [0, 0.1) is 0 Å². The van der Waals surface area contributed by atoms with Gasteiger partial charge in [-0.2, -0.15) is 0 Å². The summed E-state index contributed by atoms with van der Waals surface area (Å²) in [7, 11) is 4.07. The number of ether oxygens (including phenoxy) is 1. The number of rotatable bonds is 8. The Kier molecular flexibility index (Phi) is 7.92. The molecule has 0 spiro atoms. The Labute approximate surface area is 196 Å². The average molecular weight is 450 g/mol. The lowest BCUT2D eigenvalue weighted by molar-refractivity contribution is 0.0480. The van der Waals surface area contributed by atoms with Crippen LogP contribution in [0.4, 0.5) is 4.79 Å². The molecule has 0 bridgehead atoms. The molecule has 1 heterocycles. The number of carbonyl (C=O) groups excluding carboxylic acids is 2. The maximum atomic E-state index is 13.7. The lowest BCUT2D eigenvalue weighted by Gasteiger charge is -2.23. The highest BCUT2D eigenvalue weighted by Gasteiger charge is 2.27. The molecular formula is C27H35N3O3. The minimum absolute atomic E-state index is 0.163. The second-order valence-electron chi connectivity index (χ2n) is 9.66. The fourth-order valence-corrected chi connectivity index (χ4v) is 3.81. The van der Waals surface area contributed by atoms with Gasteiger partial charge in [-0.25, -0.2) is 4.79 Å². The van der Waals surface area contributed by atoms with Gasteiger partial charge in [0.15, 0.2) is 0 Å². The first-order chi connectivity index (χ1) is 15.6. The summed E-state index contributed by atoms with van der Waals surface area (Å²) < 4.78 is 7.13. The normalized spacial score (nSPS) is 12.7. The molecule has 0 aliphatic heterocycles. The molecule has 0 saturated carbocycles. The van der Waals surface area contributed by atoms with Crippen LogP contribution in [0.3, 0.4) is 0 Å². The molecule has 3 rings (SSSR count). The fourth-order valence-electron chi connectivity index (χ4n) is 3.81. The van der Waals surface area contributed by atoms with Gasteiger partial charge >= 0.3 is 6.09 Å². The number of benzene rings is 2. The van der Waals surface area contributed by atoms with Crippen LogP contribution in [0.1, 0.15) is 43.1 Å². The van der Waals surface area contributed by atoms with E-state index in [1.54, 1.807) is 4.57 Å². The van der Waals surface area contributed by atoms with Gasteiger partial charge in [0, 0.05) is 18.1 Å². The Morgan fingerprint density at radius 1 is 1.00 bits per heavy atom. The Balaban J connectivity index is 1.89. The van der Waals surface area contributed by atoms with Crippen molar-refractivity contribution in [2.75, 3.05) is 20.6 Å². The molecule has 0 saturated heterocycles. The van der Waals surface area contributed by atoms with E-state index < -0.39 is 17.7 Å². The zero-order chi connectivity index (χ0) is 24.0. The molecular weight excluding hydrogens is 414 g/mol. The van der Waals surface area contributed by atoms with E-state index in [4.69, 9.17) is 4.74 Å². The summed E-state index contributed by atoms with van der Waals surface area (Å²) in [5, 5.41) is 3.89. The minimum Gasteiger partial charge on any atom is -0.444 e. The van der Waals surface area contributed by atoms with Crippen LogP contribution in [0.25, 0.3) is 10.9 Å². The van der Waals surface area contributed by atoms with E-state index in [2.05, 4.69) is 10.2 Å². The molecule has 6 nitrogen and oxygen atoms in total. The van der Waals surface area contributed by atoms with Gasteiger partial charge in [0.05, 0.1) is 5.52 Å². The summed E-state index contributed by atoms with van der Waals surface area (Å²) in [6, 6.07) is 17.2. The Bertz CT molecular complexity index is 1080. The summed E-state index contributed by atoms with van der Waals surface area (Å²) in [5.41, 5.74) is 2.44. The number of amides is 1. The highest BCUT2D eigenvalue weighted by Crippen LogP contribution is 2.23. The molecule has 1 amide bonds. The molecule has 0 aliphatic rings. The van der Waals surface area contributed by atoms with Crippen LogP contribution in [-0.4, -0.2) is 53.8 Å². The van der Waals surface area contributed by atoms with Gasteiger partial charge in [-0.1, -0.05) is 48.5 Å². The molecule has 0 radical (unpaired) electrons. The Morgan fingerprint density at radius 3 is 2.33 bits per heavy atom. The highest BCUT2D eigenvalue weighted by molar-refractivity contribution is 5.97. The lowest BCUT2D eigenvalue weighted by atomic mass is 10.0. The summed E-state index contributed by atoms with van der Waals surface area (Å²) >= 11 is 0. The summed E-state index contributed by atoms with van der Waals surface area (Å²) in [6.45, 7) is 6.31. The molecule has 2 aromatic carbocycles. The van der Waals surface area contributed by atoms with Crippen LogP contribution in [0.5, 0.6) is 0 Å². The predicted molar refractivity (Wildman–Crippen MR) is 133 cm³/mol. The van der Waals surface area contributed by atoms with E-state index in [0.717, 1.165) is 35.0 Å². The molecule has 6 heteroatoms. The molecule has 3 aromatic rings. The molecule has 0 unspecified atom stereocenters. The molecule has 1 atom stereocenters. The van der Waals surface area contributed by atoms with E-state index in [1.807, 2.05) is 95.7 Å². The number of nitrogens with zero attached hydrogens (tertiary/aromatic N) is 2. The summed E-state index contributed by atoms with van der Waals surface area (Å²) in [4.78, 5) is 28.4. The first kappa shape index (κ1) is 24.5. The van der Waals surface area contributed by atoms with Crippen LogP contribution in [0.2, 0.25) is 0 Å². The van der Waals surface area contributed by atoms with Gasteiger partial charge in [-0.15, -0.1) is 0 Å². The fraction of sp³-hybridized carbons (Fsp3) is 0.407. The van der Waals surface area contributed by atoms with Crippen molar-refractivity contribution in [3.63, 3.8) is 0 Å². The van der Waals surface area contributed by atoms with E-state index in [0.29, 0.717) is 12.8 Å². The number of hydrogen-bond acceptors (Lipinski definition) is 4. The number of carbonyl (C=O) groups is 2. The topological polar surface area (TPSA) is 63.6 Å². The second-order valence-corrected chi connectivity index (χ2v) is 9.66. The number of likely N-dealkylation sites (N-methyl/N-ethyl adjacent to an activating group) is 1. The van der Waals surface area contributed by atoms with Crippen molar-refractivity contribution in [1.82, 2.24) is 14.8 Å². The van der Waals surface area contributed by atoms with Crippen LogP contribution in [-0.2, 0) is 17.6 Å². The molecule has 1 aromatic heterocycles. The number of hydrogen-bond donors (Lipinski definition) is 1. The second kappa shape index (κ2) is 10.7. The first-order valence-electron chi connectivity index (χ1n) is 11.5. The minimum atomic E-state index is -0.711. The van der Waals surface area contributed by atoms with Gasteiger partial charge in [0.2, 0.25) is 0 Å². The van der Waals surface area contributed by atoms with Crippen molar-refractivity contribution in [3.8, 4) is 0 Å². The van der Waals surface area contributed by atoms with Gasteiger partial charge in [-0.05, 0) is 71.3 Å². The van der Waals surface area contributed by atoms with Crippen molar-refractivity contribution in [1.29, 1.82) is 0 Å². The van der Waals surface area contributed by atoms with Gasteiger partial charge in [0.1, 0.15) is 11.6 Å². The number of aryl methyl sites for hydroxylation is 1. The lowest BCUT2D eigenvalue weighted by Crippen LogP contribution is -2.45. The van der Waals surface area contributed by atoms with Crippen LogP contribution >= 0.6 is 0 Å². The van der Waals surface area contributed by atoms with Crippen molar-refractivity contribution < 1.29 is 14.3 Å². The predicted octanol–water partition coefficient (Wildman–Crippen LogP) is 4.91. The third-order valence-electron chi connectivity index (χ3n) is 5.41. The summed E-state index contributed by atoms with van der Waals surface area (Å²) in [5.74, 6) is -0.163. The maximum Gasteiger partial charge on any atom is 0.408 e. The SMILES string of the molecule is CN(C)CCc1cn(C(=O)[C@H](CCc2ccccc2)NC(=O)OC(C)(C)C)c2ccccc12. The van der Waals surface area contributed by atoms with Crippen molar-refractivity contribution in [2.24, 2.45) is 0 Å². The first-order valence-corrected chi connectivity index (χ1v) is 11.5. The third-order valence-corrected chi connectivity index (χ3v) is 5.41. The average Bonchev–Trinajstić information content (AvgIpc) is 3.13. The van der Waals surface area contributed by atoms with Crippen LogP contribution in [0.15, 0.2) is 60.8 Å². The van der Waals surface area contributed by atoms with Gasteiger partial charge in [-0.3, -0.25) is 9.36 Å². The third kappa shape index (κ3) is 6.93. The molecule has 0 fully saturated rings. The highest BCUT2D eigenvalue weighted by atomic mass is 16.6. The largest absolute Gasteiger partial charge is 0.444 e. The number of para-hydroxylation sites is 1. The number of fused-ring (bicyclic) bond motifs is 1. The van der Waals surface area contributed by atoms with Crippen molar-refractivity contribution in [3.05, 3.63) is 71.9 Å². The molecule has 0 aliphatic carbocycles. The Morgan fingerprint density at radius 2 is 1.67 bits per heavy atom. The number of alkyl carbamates (subject to hydrolysis) is 1. The summed E-state index contributed by atoms with van der Waals surface area (Å²) in [6.07, 6.45) is 3.31. The quantitative estimate of drug-likeness (QED) is 0.531. The zero-order valence-electron chi connectivity index (χ0n) is 20.3. The number of nitrogens with one attached hydrogen (secondary N) is 1. The zero-order valence-corrected chi connectivity index (χ0v) is 20.3. The Hall–Kier alpha value is -3.12. The van der Waals surface area contributed by atoms with Crippen molar-refractivity contribution >= 4 is 22.9 Å². The number of aromatic nitrogens is 1. The van der Waals surface area contributed by atoms with E-state index in [-0.39, 0.29) is 5.91 Å². The molecule has 1 N–H and O–H groups in total. The van der Waals surface area contributed by atoms with Gasteiger partial charge in [0.25, 0.3) is 5.91 Å². The van der Waals surface area contributed by atoms with E-state index in [9.17, 15) is 9.59 Å². The molecule has 176 valence electrons. The van der Waals surface area contributed by atoms with Gasteiger partial charge < -0.3 is 15.0 Å². The smallest absolute Gasteiger partial charge is 0.408 e. The maximum absolute atomic E-state index is 13.7. The van der Waals surface area contributed by atoms with E-state index in [1.165, 1.54) is 0 Å². The van der Waals surface area contributed by atoms with Crippen LogP contribution < -0.4 is 5.32 Å².